The Morgan fingerprint density at radius 2 is 1.57 bits per heavy atom. The molecule has 0 aliphatic carbocycles. The van der Waals surface area contributed by atoms with Crippen LogP contribution in [0, 0.1) is 48.3 Å². The summed E-state index contributed by atoms with van der Waals surface area (Å²) in [5, 5.41) is 42.9. The van der Waals surface area contributed by atoms with E-state index >= 15 is 0 Å². The van der Waals surface area contributed by atoms with Crippen LogP contribution in [0.3, 0.4) is 0 Å². The molecular weight excluding hydrogens is 1250 g/mol. The lowest BCUT2D eigenvalue weighted by Gasteiger charge is -2.38. The number of aldehydes is 1. The molecule has 0 saturated carbocycles. The van der Waals surface area contributed by atoms with Crippen LogP contribution in [0.15, 0.2) is 94.7 Å². The number of nitrogens with zero attached hydrogens (tertiary/aromatic N) is 4. The van der Waals surface area contributed by atoms with Crippen molar-refractivity contribution in [3.05, 3.63) is 118 Å². The highest BCUT2D eigenvalue weighted by atomic mass is 31.2. The van der Waals surface area contributed by atoms with Crippen molar-refractivity contribution in [1.29, 1.82) is 0 Å². The molecule has 0 radical (unpaired) electrons. The fourth-order valence-corrected chi connectivity index (χ4v) is 14.5. The monoisotopic (exact) mass is 1340 g/mol. The maximum Gasteiger partial charge on any atom is 0.325 e. The summed E-state index contributed by atoms with van der Waals surface area (Å²) >= 11 is 0. The third-order valence-electron chi connectivity index (χ3n) is 19.8. The van der Waals surface area contributed by atoms with Gasteiger partial charge in [-0.1, -0.05) is 125 Å². The summed E-state index contributed by atoms with van der Waals surface area (Å²) in [6, 6.07) is 11.7. The first-order chi connectivity index (χ1) is 45.1. The number of phenols is 2. The van der Waals surface area contributed by atoms with E-state index < -0.39 is 114 Å². The number of allylic oxidation sites excluding steroid dienone is 3. The molecule has 0 aromatic heterocycles. The number of aliphatic hydroxyl groups is 1. The van der Waals surface area contributed by atoms with Gasteiger partial charge in [0, 0.05) is 110 Å². The number of phenolic OH excluding ortho intramolecular Hbond substituents is 2. The summed E-state index contributed by atoms with van der Waals surface area (Å²) in [5.41, 5.74) is -1.05. The molecule has 5 bridgehead atoms. The van der Waals surface area contributed by atoms with Gasteiger partial charge in [0.15, 0.2) is 11.4 Å². The van der Waals surface area contributed by atoms with Gasteiger partial charge in [0.05, 0.1) is 34.8 Å². The predicted octanol–water partition coefficient (Wildman–Crippen LogP) is 8.59. The topological polar surface area (TPSA) is 310 Å². The number of hydrogen-bond acceptors (Lipinski definition) is 18. The smallest absolute Gasteiger partial charge is 0.325 e. The predicted molar refractivity (Wildman–Crippen MR) is 364 cm³/mol. The molecule has 11 atom stereocenters. The number of carbonyl (C=O) groups excluding carboxylic acids is 7. The van der Waals surface area contributed by atoms with E-state index in [2.05, 4.69) is 29.4 Å². The summed E-state index contributed by atoms with van der Waals surface area (Å²) in [6.07, 6.45) is 6.36. The van der Waals surface area contributed by atoms with Crippen molar-refractivity contribution in [2.75, 3.05) is 44.7 Å². The van der Waals surface area contributed by atoms with Crippen LogP contribution >= 0.6 is 7.37 Å². The largest absolute Gasteiger partial charge is 0.507 e. The molecule has 22 nitrogen and oxygen atoms in total. The number of carbonyl (C=O) groups is 7. The van der Waals surface area contributed by atoms with Gasteiger partial charge in [-0.25, -0.2) is 0 Å². The first kappa shape index (κ1) is 73.8. The number of benzene rings is 4. The number of anilines is 1. The highest BCUT2D eigenvalue weighted by Gasteiger charge is 2.50. The van der Waals surface area contributed by atoms with Crippen molar-refractivity contribution in [2.45, 2.75) is 164 Å². The van der Waals surface area contributed by atoms with Crippen molar-refractivity contribution in [3.63, 3.8) is 0 Å². The molecule has 518 valence electrons. The minimum atomic E-state index is -4.18. The average Bonchev–Trinajstić information content (AvgIpc) is 1.51. The summed E-state index contributed by atoms with van der Waals surface area (Å²) in [5.74, 6) is -8.54. The Hall–Kier alpha value is -8.04. The Morgan fingerprint density at radius 1 is 0.906 bits per heavy atom. The zero-order valence-corrected chi connectivity index (χ0v) is 58.7. The van der Waals surface area contributed by atoms with E-state index in [9.17, 15) is 58.3 Å². The number of aromatic hydroxyl groups is 2. The van der Waals surface area contributed by atoms with Crippen molar-refractivity contribution in [1.82, 2.24) is 15.1 Å². The molecule has 23 heteroatoms. The highest BCUT2D eigenvalue weighted by Crippen LogP contribution is 2.50. The number of nitrogens with one attached hydrogen (secondary N) is 2. The van der Waals surface area contributed by atoms with Gasteiger partial charge in [0.1, 0.15) is 53.3 Å². The molecule has 4 aromatic rings. The normalized spacial score (nSPS) is 26.0. The number of rotatable bonds is 17. The van der Waals surface area contributed by atoms with E-state index in [0.29, 0.717) is 43.7 Å². The van der Waals surface area contributed by atoms with Crippen molar-refractivity contribution < 1.29 is 77.3 Å². The molecule has 1 unspecified atom stereocenters. The summed E-state index contributed by atoms with van der Waals surface area (Å²) < 4.78 is 37.8. The van der Waals surface area contributed by atoms with Crippen molar-refractivity contribution >= 4 is 70.9 Å². The average molecular weight is 1340 g/mol. The van der Waals surface area contributed by atoms with Crippen LogP contribution in [0.25, 0.3) is 10.8 Å². The van der Waals surface area contributed by atoms with Gasteiger partial charge in [-0.05, 0) is 73.3 Å². The van der Waals surface area contributed by atoms with Crippen LogP contribution in [0.1, 0.15) is 143 Å². The summed E-state index contributed by atoms with van der Waals surface area (Å²) in [6.45, 7) is 27.0. The number of ketones is 1. The number of ether oxygens (including phenoxy) is 4. The fourth-order valence-electron chi connectivity index (χ4n) is 13.4. The molecule has 9 rings (SSSR count). The summed E-state index contributed by atoms with van der Waals surface area (Å²) in [7, 11) is -2.78. The first-order valence-electron chi connectivity index (χ1n) is 33.2. The van der Waals surface area contributed by atoms with Crippen molar-refractivity contribution in [3.8, 4) is 23.0 Å². The Bertz CT molecular complexity index is 3950. The number of fused-ring (bicyclic) bond motifs is 13. The number of piperidine rings is 1. The molecule has 5 aliphatic heterocycles. The van der Waals surface area contributed by atoms with Gasteiger partial charge in [-0.3, -0.25) is 43.3 Å². The fraction of sp³-hybridized carbons (Fsp3) is 0.521. The maximum absolute atomic E-state index is 15.0. The number of Topliss-reactive ketones (excluding diaryl/α,β-unsaturated/α-hetero) is 1. The third kappa shape index (κ3) is 15.8. The molecule has 96 heavy (non-hydrogen) atoms. The molecule has 5 aliphatic rings. The molecule has 4 aromatic carbocycles. The number of aliphatic hydroxyl groups excluding tert-OH is 1. The Balaban J connectivity index is 1.10. The van der Waals surface area contributed by atoms with Crippen LogP contribution in [-0.4, -0.2) is 141 Å². The summed E-state index contributed by atoms with van der Waals surface area (Å²) in [4.78, 5) is 122. The zero-order valence-electron chi connectivity index (χ0n) is 57.9. The standard InChI is InChI=1S/C73H95N6O16P/c1-16-55(82)93-53-26-25-50(96(90,91)34-32-80)36-51(53)71(12,13)37-54(81)74-52(35-49-23-18-17-19-24-49)70(89)78(15)39-56(83)94-66-42(5)21-20-22-43(6)69(88)75-62-61-60(76-73(77-61)28-30-79(31-29-73)38-40(2)3)57-58(65(62)86)64(85)48(11)67-59(57)68(87)72(14,95-67)92-33-27-41(4)44(7)45(8)46(9)63(84)47(66)10/h17-27,32-33,36,40-42,44-47,52,63,66,84-86H,16,28-31,34-35,37-39H2,1-15H3,(H,74,81)(H,75,88)(H,90,91)/b21-20+,33-27+,43-22-/t41-,42-,44+,45+,46-,47-,52-,63-,66-,72-/m0/s1. The molecule has 6 N–H and O–H groups in total. The Morgan fingerprint density at radius 3 is 2.22 bits per heavy atom. The number of likely N-dealkylation sites (tertiary alicyclic amines) is 1. The molecule has 1 spiro atoms. The second-order valence-corrected chi connectivity index (χ2v) is 30.3. The van der Waals surface area contributed by atoms with Crippen LogP contribution in [0.4, 0.5) is 5.69 Å². The van der Waals surface area contributed by atoms with E-state index in [1.54, 1.807) is 97.0 Å². The zero-order chi connectivity index (χ0) is 70.7. The quantitative estimate of drug-likeness (QED) is 0.0189. The lowest BCUT2D eigenvalue weighted by Crippen LogP contribution is -2.51. The van der Waals surface area contributed by atoms with Crippen LogP contribution in [0.5, 0.6) is 23.0 Å². The second kappa shape index (κ2) is 29.8. The van der Waals surface area contributed by atoms with Crippen LogP contribution in [-0.2, 0) is 54.6 Å². The third-order valence-corrected chi connectivity index (χ3v) is 21.5. The van der Waals surface area contributed by atoms with Gasteiger partial charge in [0.2, 0.25) is 19.2 Å². The number of amides is 3. The van der Waals surface area contributed by atoms with Crippen molar-refractivity contribution in [2.24, 2.45) is 51.4 Å². The van der Waals surface area contributed by atoms with E-state index in [1.165, 1.54) is 44.5 Å². The lowest BCUT2D eigenvalue weighted by atomic mass is 9.72. The minimum Gasteiger partial charge on any atom is -0.507 e. The van der Waals surface area contributed by atoms with Crippen LogP contribution < -0.4 is 36.1 Å². The van der Waals surface area contributed by atoms with E-state index in [-0.39, 0.29) is 109 Å². The molecule has 3 amide bonds. The first-order valence-corrected chi connectivity index (χ1v) is 35.0. The number of hydrogen-bond donors (Lipinski definition) is 6. The van der Waals surface area contributed by atoms with Gasteiger partial charge >= 0.3 is 17.7 Å². The number of likely N-dealkylation sites (N-methyl/N-ethyl adjacent to an activating group) is 1. The van der Waals surface area contributed by atoms with E-state index in [4.69, 9.17) is 28.9 Å². The SMILES string of the molecule is CCC(=O)Oc1ccc(P(=O)(O)CC=O)cc1C(C)(C)CC(=O)N[C@@H](Cc1ccccc1)C(=O)N(C)CC(=O)O[C@@H]1[C@@H](C)[C@@H](O)[C@@H](C)[C@H](C)[C@H](C)[C@@H](C)/C=C/O[C@@]2(C)Oc3c(C)c(O)c4c(O)c(c5c(c4c3C2=O)=NC2(CCN(CC(C)C)CC2)N=5)NC(=O)/C(C)=C\C=C\[C@@H]1C. The molecule has 5 heterocycles. The molecule has 1 fully saturated rings. The second-order valence-electron chi connectivity index (χ2n) is 28.0. The van der Waals surface area contributed by atoms with Gasteiger partial charge in [-0.2, -0.15) is 0 Å². The minimum absolute atomic E-state index is 0.00144. The Labute approximate surface area is 561 Å². The molecular formula is C73H95N6O16P. The van der Waals surface area contributed by atoms with Gasteiger partial charge in [0.25, 0.3) is 11.7 Å². The van der Waals surface area contributed by atoms with Gasteiger partial charge < -0.3 is 64.4 Å². The van der Waals surface area contributed by atoms with E-state index in [0.717, 1.165) is 11.4 Å². The lowest BCUT2D eigenvalue weighted by molar-refractivity contribution is -0.161. The van der Waals surface area contributed by atoms with E-state index in [1.807, 2.05) is 27.7 Å². The van der Waals surface area contributed by atoms with Gasteiger partial charge in [-0.15, -0.1) is 0 Å². The number of esters is 2. The Kier molecular flexibility index (Phi) is 22.9. The maximum atomic E-state index is 15.0. The van der Waals surface area contributed by atoms with Crippen LogP contribution in [0.2, 0.25) is 0 Å². The molecule has 1 saturated heterocycles. The highest BCUT2D eigenvalue weighted by molar-refractivity contribution is 7.66.